The lowest BCUT2D eigenvalue weighted by molar-refractivity contribution is 0.468. The third-order valence-corrected chi connectivity index (χ3v) is 3.30. The quantitative estimate of drug-likeness (QED) is 0.397. The number of nitrogens with zero attached hydrogens (tertiary/aromatic N) is 2. The first-order valence-corrected chi connectivity index (χ1v) is 6.95. The Morgan fingerprint density at radius 1 is 1.31 bits per heavy atom. The van der Waals surface area contributed by atoms with E-state index in [1.807, 2.05) is 5.38 Å². The fourth-order valence-electron chi connectivity index (χ4n) is 1.77. The van der Waals surface area contributed by atoms with Crippen LogP contribution in [0, 0.1) is 0 Å². The Morgan fingerprint density at radius 2 is 2.06 bits per heavy atom. The molecular weight excluding hydrogens is 220 g/mol. The minimum Gasteiger partial charge on any atom is -0.271 e. The lowest BCUT2D eigenvalue weighted by Crippen LogP contribution is -2.28. The van der Waals surface area contributed by atoms with Gasteiger partial charge in [0.05, 0.1) is 11.7 Å². The Labute approximate surface area is 102 Å². The van der Waals surface area contributed by atoms with Gasteiger partial charge in [-0.2, -0.15) is 0 Å². The molecule has 3 N–H and O–H groups in total. The van der Waals surface area contributed by atoms with Gasteiger partial charge in [-0.25, -0.2) is 0 Å². The summed E-state index contributed by atoms with van der Waals surface area (Å²) < 4.78 is 3.86. The first kappa shape index (κ1) is 13.5. The number of hydrazine groups is 1. The maximum Gasteiger partial charge on any atom is 0.0938 e. The topological polar surface area (TPSA) is 63.8 Å². The zero-order valence-corrected chi connectivity index (χ0v) is 10.8. The van der Waals surface area contributed by atoms with Crippen LogP contribution in [0.3, 0.4) is 0 Å². The Bertz CT molecular complexity index is 250. The summed E-state index contributed by atoms with van der Waals surface area (Å²) in [5, 5.41) is 6.00. The first-order valence-electron chi connectivity index (χ1n) is 6.11. The third kappa shape index (κ3) is 5.01. The highest BCUT2D eigenvalue weighted by Gasteiger charge is 2.11. The highest BCUT2D eigenvalue weighted by molar-refractivity contribution is 7.03. The molecule has 92 valence electrons. The number of nitrogens with one attached hydrogen (secondary N) is 1. The average molecular weight is 242 g/mol. The fraction of sp³-hybridized carbons (Fsp3) is 0.818. The molecule has 0 aliphatic carbocycles. The van der Waals surface area contributed by atoms with Crippen molar-refractivity contribution in [2.75, 3.05) is 0 Å². The molecule has 0 radical (unpaired) electrons. The molecule has 0 bridgehead atoms. The van der Waals surface area contributed by atoms with Crippen LogP contribution in [0.2, 0.25) is 0 Å². The minimum atomic E-state index is 0.171. The van der Waals surface area contributed by atoms with Crippen molar-refractivity contribution in [1.29, 1.82) is 0 Å². The molecule has 0 aliphatic rings. The van der Waals surface area contributed by atoms with Gasteiger partial charge in [-0.1, -0.05) is 49.9 Å². The minimum absolute atomic E-state index is 0.171. The SMILES string of the molecule is CCCCCCCCC(NN)c1csnn1. The second-order valence-electron chi connectivity index (χ2n) is 4.11. The molecule has 1 aromatic heterocycles. The Kier molecular flexibility index (Phi) is 7.29. The zero-order chi connectivity index (χ0) is 11.6. The summed E-state index contributed by atoms with van der Waals surface area (Å²) in [6.07, 6.45) is 8.89. The second kappa shape index (κ2) is 8.61. The molecule has 0 fully saturated rings. The molecule has 0 aromatic carbocycles. The molecule has 0 amide bonds. The fourth-order valence-corrected chi connectivity index (χ4v) is 2.28. The van der Waals surface area contributed by atoms with Crippen LogP contribution in [0.4, 0.5) is 0 Å². The lowest BCUT2D eigenvalue weighted by Gasteiger charge is -2.12. The maximum absolute atomic E-state index is 5.51. The lowest BCUT2D eigenvalue weighted by atomic mass is 10.0. The van der Waals surface area contributed by atoms with Crippen molar-refractivity contribution in [1.82, 2.24) is 15.0 Å². The standard InChI is InChI=1S/C11H22N4S/c1-2-3-4-5-6-7-8-10(13-12)11-9-16-15-14-11/h9-10,13H,2-8,12H2,1H3. The van der Waals surface area contributed by atoms with E-state index < -0.39 is 0 Å². The molecule has 0 saturated carbocycles. The third-order valence-electron chi connectivity index (χ3n) is 2.78. The number of nitrogens with two attached hydrogens (primary N) is 1. The van der Waals surface area contributed by atoms with Gasteiger partial charge in [0.15, 0.2) is 0 Å². The molecule has 0 saturated heterocycles. The molecule has 1 heterocycles. The largest absolute Gasteiger partial charge is 0.271 e. The van der Waals surface area contributed by atoms with Gasteiger partial charge in [0.25, 0.3) is 0 Å². The predicted octanol–water partition coefficient (Wildman–Crippen LogP) is 2.79. The van der Waals surface area contributed by atoms with Gasteiger partial charge in [-0.3, -0.25) is 11.3 Å². The van der Waals surface area contributed by atoms with Crippen LogP contribution in [0.1, 0.15) is 63.6 Å². The predicted molar refractivity (Wildman–Crippen MR) is 68.0 cm³/mol. The van der Waals surface area contributed by atoms with Gasteiger partial charge in [0, 0.05) is 5.38 Å². The Balaban J connectivity index is 2.11. The van der Waals surface area contributed by atoms with Crippen molar-refractivity contribution in [2.45, 2.75) is 57.9 Å². The van der Waals surface area contributed by atoms with E-state index in [0.29, 0.717) is 0 Å². The summed E-state index contributed by atoms with van der Waals surface area (Å²) in [6, 6.07) is 0.171. The highest BCUT2D eigenvalue weighted by atomic mass is 32.1. The molecule has 1 aromatic rings. The van der Waals surface area contributed by atoms with Gasteiger partial charge < -0.3 is 0 Å². The van der Waals surface area contributed by atoms with E-state index in [9.17, 15) is 0 Å². The molecule has 1 rings (SSSR count). The average Bonchev–Trinajstić information content (AvgIpc) is 2.82. The van der Waals surface area contributed by atoms with E-state index >= 15 is 0 Å². The Hall–Kier alpha value is -0.520. The molecule has 1 unspecified atom stereocenters. The van der Waals surface area contributed by atoms with E-state index in [2.05, 4.69) is 21.9 Å². The number of rotatable bonds is 9. The van der Waals surface area contributed by atoms with Crippen LogP contribution >= 0.6 is 11.5 Å². The summed E-state index contributed by atoms with van der Waals surface area (Å²) in [5.41, 5.74) is 3.78. The van der Waals surface area contributed by atoms with E-state index in [1.54, 1.807) is 0 Å². The van der Waals surface area contributed by atoms with Crippen LogP contribution in [0.15, 0.2) is 5.38 Å². The number of hydrogen-bond acceptors (Lipinski definition) is 5. The Morgan fingerprint density at radius 3 is 2.69 bits per heavy atom. The number of hydrogen-bond donors (Lipinski definition) is 2. The van der Waals surface area contributed by atoms with Gasteiger partial charge in [-0.15, -0.1) is 5.10 Å². The van der Waals surface area contributed by atoms with Gasteiger partial charge in [-0.05, 0) is 18.0 Å². The van der Waals surface area contributed by atoms with Crippen molar-refractivity contribution >= 4 is 11.5 Å². The van der Waals surface area contributed by atoms with E-state index in [1.165, 1.54) is 50.1 Å². The summed E-state index contributed by atoms with van der Waals surface area (Å²) in [4.78, 5) is 0. The highest BCUT2D eigenvalue weighted by Crippen LogP contribution is 2.18. The van der Waals surface area contributed by atoms with Crippen molar-refractivity contribution in [3.63, 3.8) is 0 Å². The second-order valence-corrected chi connectivity index (χ2v) is 4.72. The van der Waals surface area contributed by atoms with E-state index in [4.69, 9.17) is 5.84 Å². The molecule has 16 heavy (non-hydrogen) atoms. The molecule has 0 aliphatic heterocycles. The van der Waals surface area contributed by atoms with Crippen LogP contribution < -0.4 is 11.3 Å². The zero-order valence-electron chi connectivity index (χ0n) is 9.98. The maximum atomic E-state index is 5.51. The van der Waals surface area contributed by atoms with Crippen LogP contribution in [0.5, 0.6) is 0 Å². The molecular formula is C11H22N4S. The van der Waals surface area contributed by atoms with Crippen LogP contribution in [-0.4, -0.2) is 9.59 Å². The summed E-state index contributed by atoms with van der Waals surface area (Å²) >= 11 is 1.38. The van der Waals surface area contributed by atoms with Crippen molar-refractivity contribution < 1.29 is 0 Å². The number of unbranched alkanes of at least 4 members (excludes halogenated alkanes) is 5. The first-order chi connectivity index (χ1) is 7.88. The normalized spacial score (nSPS) is 12.9. The molecule has 5 heteroatoms. The smallest absolute Gasteiger partial charge is 0.0938 e. The van der Waals surface area contributed by atoms with Gasteiger partial charge in [0.1, 0.15) is 0 Å². The molecule has 0 spiro atoms. The molecule has 1 atom stereocenters. The number of aromatic nitrogens is 2. The van der Waals surface area contributed by atoms with Gasteiger partial charge >= 0.3 is 0 Å². The van der Waals surface area contributed by atoms with Crippen molar-refractivity contribution in [3.8, 4) is 0 Å². The van der Waals surface area contributed by atoms with Crippen molar-refractivity contribution in [2.24, 2.45) is 5.84 Å². The van der Waals surface area contributed by atoms with E-state index in [0.717, 1.165) is 12.1 Å². The summed E-state index contributed by atoms with van der Waals surface area (Å²) in [7, 11) is 0. The van der Waals surface area contributed by atoms with Gasteiger partial charge in [0.2, 0.25) is 0 Å². The summed E-state index contributed by atoms with van der Waals surface area (Å²) in [6.45, 7) is 2.24. The van der Waals surface area contributed by atoms with Crippen molar-refractivity contribution in [3.05, 3.63) is 11.1 Å². The van der Waals surface area contributed by atoms with E-state index in [-0.39, 0.29) is 6.04 Å². The summed E-state index contributed by atoms with van der Waals surface area (Å²) in [5.74, 6) is 5.51. The molecule has 4 nitrogen and oxygen atoms in total. The monoisotopic (exact) mass is 242 g/mol. The van der Waals surface area contributed by atoms with Crippen LogP contribution in [0.25, 0.3) is 0 Å². The van der Waals surface area contributed by atoms with Crippen LogP contribution in [-0.2, 0) is 0 Å².